The lowest BCUT2D eigenvalue weighted by Crippen LogP contribution is -2.58. The summed E-state index contributed by atoms with van der Waals surface area (Å²) in [6.45, 7) is 5.70. The van der Waals surface area contributed by atoms with Gasteiger partial charge in [-0.15, -0.1) is 0 Å². The number of ether oxygens (including phenoxy) is 1. The maximum atomic E-state index is 9.76. The standard InChI is InChI=1S/C21H34N4O2/c1-22-20(23-15-19(16-26)18-7-3-2-4-8-18)24-17-21(9-13-27-14-10-21)25-11-5-6-12-25/h2-4,7-8,19,26H,5-6,9-17H2,1H3,(H2,22,23,24). The van der Waals surface area contributed by atoms with Crippen LogP contribution in [0.4, 0.5) is 0 Å². The van der Waals surface area contributed by atoms with Crippen molar-refractivity contribution in [2.45, 2.75) is 37.1 Å². The van der Waals surface area contributed by atoms with Gasteiger partial charge in [-0.1, -0.05) is 30.3 Å². The molecule has 2 aliphatic rings. The van der Waals surface area contributed by atoms with Crippen LogP contribution in [0.2, 0.25) is 0 Å². The summed E-state index contributed by atoms with van der Waals surface area (Å²) in [7, 11) is 1.80. The molecule has 2 saturated heterocycles. The normalized spacial score (nSPS) is 21.8. The molecule has 6 nitrogen and oxygen atoms in total. The van der Waals surface area contributed by atoms with Gasteiger partial charge in [0.05, 0.1) is 6.61 Å². The summed E-state index contributed by atoms with van der Waals surface area (Å²) in [5, 5.41) is 16.7. The average molecular weight is 375 g/mol. The van der Waals surface area contributed by atoms with E-state index in [1.54, 1.807) is 7.05 Å². The van der Waals surface area contributed by atoms with Crippen LogP contribution in [0, 0.1) is 0 Å². The van der Waals surface area contributed by atoms with Gasteiger partial charge in [-0.2, -0.15) is 0 Å². The lowest BCUT2D eigenvalue weighted by molar-refractivity contribution is -0.0164. The minimum atomic E-state index is 0.0559. The number of likely N-dealkylation sites (tertiary alicyclic amines) is 1. The topological polar surface area (TPSA) is 69.1 Å². The van der Waals surface area contributed by atoms with Gasteiger partial charge in [0, 0.05) is 44.8 Å². The Morgan fingerprint density at radius 3 is 2.52 bits per heavy atom. The average Bonchev–Trinajstić information content (AvgIpc) is 3.28. The molecule has 6 heteroatoms. The molecule has 1 atom stereocenters. The van der Waals surface area contributed by atoms with E-state index >= 15 is 0 Å². The van der Waals surface area contributed by atoms with Crippen LogP contribution < -0.4 is 10.6 Å². The van der Waals surface area contributed by atoms with Crippen molar-refractivity contribution < 1.29 is 9.84 Å². The Kier molecular flexibility index (Phi) is 7.50. The van der Waals surface area contributed by atoms with Gasteiger partial charge in [0.1, 0.15) is 0 Å². The third-order valence-electron chi connectivity index (χ3n) is 6.02. The van der Waals surface area contributed by atoms with Crippen molar-refractivity contribution in [2.75, 3.05) is 53.0 Å². The van der Waals surface area contributed by atoms with Crippen molar-refractivity contribution in [3.63, 3.8) is 0 Å². The highest BCUT2D eigenvalue weighted by molar-refractivity contribution is 5.79. The molecule has 1 aromatic rings. The van der Waals surface area contributed by atoms with Gasteiger partial charge in [0.2, 0.25) is 0 Å². The first kappa shape index (κ1) is 20.1. The van der Waals surface area contributed by atoms with Crippen molar-refractivity contribution in [3.05, 3.63) is 35.9 Å². The molecule has 0 saturated carbocycles. The maximum Gasteiger partial charge on any atom is 0.191 e. The highest BCUT2D eigenvalue weighted by Gasteiger charge is 2.39. The summed E-state index contributed by atoms with van der Waals surface area (Å²) in [6.07, 6.45) is 4.73. The number of guanidine groups is 1. The van der Waals surface area contributed by atoms with Gasteiger partial charge < -0.3 is 20.5 Å². The number of aliphatic hydroxyl groups excluding tert-OH is 1. The van der Waals surface area contributed by atoms with Gasteiger partial charge in [0.15, 0.2) is 5.96 Å². The second-order valence-electron chi connectivity index (χ2n) is 7.63. The first-order valence-corrected chi connectivity index (χ1v) is 10.2. The lowest BCUT2D eigenvalue weighted by atomic mass is 9.88. The van der Waals surface area contributed by atoms with Crippen LogP contribution >= 0.6 is 0 Å². The van der Waals surface area contributed by atoms with Crippen LogP contribution in [-0.2, 0) is 4.74 Å². The van der Waals surface area contributed by atoms with E-state index in [0.717, 1.165) is 44.1 Å². The summed E-state index contributed by atoms with van der Waals surface area (Å²) in [6, 6.07) is 10.1. The summed E-state index contributed by atoms with van der Waals surface area (Å²) in [4.78, 5) is 7.04. The Balaban J connectivity index is 1.56. The molecule has 3 N–H and O–H groups in total. The predicted octanol–water partition coefficient (Wildman–Crippen LogP) is 1.57. The number of aliphatic hydroxyl groups is 1. The van der Waals surface area contributed by atoms with Gasteiger partial charge >= 0.3 is 0 Å². The molecule has 1 aromatic carbocycles. The third-order valence-corrected chi connectivity index (χ3v) is 6.02. The van der Waals surface area contributed by atoms with E-state index in [0.29, 0.717) is 6.54 Å². The second-order valence-corrected chi connectivity index (χ2v) is 7.63. The molecular formula is C21H34N4O2. The van der Waals surface area contributed by atoms with Crippen LogP contribution in [0.1, 0.15) is 37.2 Å². The Morgan fingerprint density at radius 1 is 1.19 bits per heavy atom. The van der Waals surface area contributed by atoms with E-state index in [1.165, 1.54) is 25.9 Å². The monoisotopic (exact) mass is 374 g/mol. The van der Waals surface area contributed by atoms with Crippen LogP contribution in [0.15, 0.2) is 35.3 Å². The smallest absolute Gasteiger partial charge is 0.191 e. The van der Waals surface area contributed by atoms with Crippen LogP contribution in [0.5, 0.6) is 0 Å². The van der Waals surface area contributed by atoms with Crippen LogP contribution in [-0.4, -0.2) is 74.6 Å². The third kappa shape index (κ3) is 5.21. The lowest BCUT2D eigenvalue weighted by Gasteiger charge is -2.45. The fourth-order valence-corrected chi connectivity index (χ4v) is 4.25. The Hall–Kier alpha value is -1.63. The second kappa shape index (κ2) is 10.1. The zero-order valence-corrected chi connectivity index (χ0v) is 16.5. The van der Waals surface area contributed by atoms with Gasteiger partial charge in [-0.3, -0.25) is 9.89 Å². The SMILES string of the molecule is CN=C(NCC(CO)c1ccccc1)NCC1(N2CCCC2)CCOCC1. The molecule has 1 unspecified atom stereocenters. The van der Waals surface area contributed by atoms with E-state index in [-0.39, 0.29) is 18.1 Å². The molecule has 27 heavy (non-hydrogen) atoms. The minimum Gasteiger partial charge on any atom is -0.396 e. The Morgan fingerprint density at radius 2 is 1.89 bits per heavy atom. The molecule has 0 aliphatic carbocycles. The summed E-state index contributed by atoms with van der Waals surface area (Å²) in [5.41, 5.74) is 1.31. The summed E-state index contributed by atoms with van der Waals surface area (Å²) >= 11 is 0. The fourth-order valence-electron chi connectivity index (χ4n) is 4.25. The van der Waals surface area contributed by atoms with Gasteiger partial charge in [-0.05, 0) is 44.3 Å². The first-order chi connectivity index (χ1) is 13.3. The number of nitrogens with zero attached hydrogens (tertiary/aromatic N) is 2. The quantitative estimate of drug-likeness (QED) is 0.499. The summed E-state index contributed by atoms with van der Waals surface area (Å²) in [5.74, 6) is 0.856. The minimum absolute atomic E-state index is 0.0559. The van der Waals surface area contributed by atoms with Gasteiger partial charge in [-0.25, -0.2) is 0 Å². The van der Waals surface area contributed by atoms with E-state index in [9.17, 15) is 5.11 Å². The molecule has 2 fully saturated rings. The molecule has 3 rings (SSSR count). The molecule has 150 valence electrons. The maximum absolute atomic E-state index is 9.76. The van der Waals surface area contributed by atoms with E-state index < -0.39 is 0 Å². The Labute approximate surface area is 163 Å². The van der Waals surface area contributed by atoms with E-state index in [4.69, 9.17) is 4.74 Å². The predicted molar refractivity (Wildman–Crippen MR) is 109 cm³/mol. The van der Waals surface area contributed by atoms with Crippen molar-refractivity contribution >= 4 is 5.96 Å². The molecule has 0 aromatic heterocycles. The largest absolute Gasteiger partial charge is 0.396 e. The zero-order valence-electron chi connectivity index (χ0n) is 16.5. The molecule has 2 aliphatic heterocycles. The number of hydrogen-bond acceptors (Lipinski definition) is 4. The zero-order chi connectivity index (χ0) is 19.0. The number of nitrogens with one attached hydrogen (secondary N) is 2. The number of hydrogen-bond donors (Lipinski definition) is 3. The molecule has 0 radical (unpaired) electrons. The molecular weight excluding hydrogens is 340 g/mol. The highest BCUT2D eigenvalue weighted by Crippen LogP contribution is 2.30. The molecule has 0 spiro atoms. The van der Waals surface area contributed by atoms with Crippen molar-refractivity contribution in [2.24, 2.45) is 4.99 Å². The van der Waals surface area contributed by atoms with Crippen molar-refractivity contribution in [1.29, 1.82) is 0 Å². The number of rotatable bonds is 7. The first-order valence-electron chi connectivity index (χ1n) is 10.2. The van der Waals surface area contributed by atoms with E-state index in [2.05, 4.69) is 32.7 Å². The summed E-state index contributed by atoms with van der Waals surface area (Å²) < 4.78 is 5.63. The molecule has 0 bridgehead atoms. The molecule has 2 heterocycles. The van der Waals surface area contributed by atoms with Crippen molar-refractivity contribution in [3.8, 4) is 0 Å². The van der Waals surface area contributed by atoms with Crippen molar-refractivity contribution in [1.82, 2.24) is 15.5 Å². The fraction of sp³-hybridized carbons (Fsp3) is 0.667. The highest BCUT2D eigenvalue weighted by atomic mass is 16.5. The van der Waals surface area contributed by atoms with Gasteiger partial charge in [0.25, 0.3) is 0 Å². The number of benzene rings is 1. The van der Waals surface area contributed by atoms with Crippen LogP contribution in [0.3, 0.4) is 0 Å². The molecule has 0 amide bonds. The number of aliphatic imine (C=N–C) groups is 1. The Bertz CT molecular complexity index is 581. The van der Waals surface area contributed by atoms with Crippen LogP contribution in [0.25, 0.3) is 0 Å². The van der Waals surface area contributed by atoms with E-state index in [1.807, 2.05) is 18.2 Å².